The van der Waals surface area contributed by atoms with Gasteiger partial charge < -0.3 is 0 Å². The number of hydrogen-bond acceptors (Lipinski definition) is 3. The third-order valence-electron chi connectivity index (χ3n) is 7.95. The van der Waals surface area contributed by atoms with Gasteiger partial charge in [-0.05, 0) is 93.1 Å². The van der Waals surface area contributed by atoms with E-state index in [2.05, 4.69) is 69.0 Å². The molecular weight excluding hydrogens is 428 g/mol. The number of imidazole rings is 1. The Hall–Kier alpha value is -4.57. The molecular formula is C31H18N4. The Morgan fingerprint density at radius 3 is 2.63 bits per heavy atom. The molecule has 9 rings (SSSR count). The van der Waals surface area contributed by atoms with Gasteiger partial charge in [-0.2, -0.15) is 0 Å². The second-order valence-corrected chi connectivity index (χ2v) is 9.70. The SMILES string of the molecule is c1ccc2c(c1)Cc1ccc3c(c1-2)Cc1cc2c(cc1-3)c1cnccc1n1c3ncccc3nc21. The predicted octanol–water partition coefficient (Wildman–Crippen LogP) is 6.73. The Morgan fingerprint density at radius 1 is 0.657 bits per heavy atom. The van der Waals surface area contributed by atoms with Crippen molar-refractivity contribution in [1.29, 1.82) is 0 Å². The van der Waals surface area contributed by atoms with Crippen LogP contribution in [0.3, 0.4) is 0 Å². The summed E-state index contributed by atoms with van der Waals surface area (Å²) in [6, 6.07) is 24.3. The predicted molar refractivity (Wildman–Crippen MR) is 140 cm³/mol. The molecule has 4 heterocycles. The molecule has 0 aliphatic heterocycles. The minimum atomic E-state index is 0.888. The molecule has 2 aliphatic rings. The van der Waals surface area contributed by atoms with Gasteiger partial charge in [0.15, 0.2) is 5.65 Å². The first-order chi connectivity index (χ1) is 17.3. The summed E-state index contributed by atoms with van der Waals surface area (Å²) in [7, 11) is 0. The highest BCUT2D eigenvalue weighted by molar-refractivity contribution is 6.15. The van der Waals surface area contributed by atoms with Crippen molar-refractivity contribution in [2.75, 3.05) is 0 Å². The van der Waals surface area contributed by atoms with Crippen LogP contribution < -0.4 is 0 Å². The van der Waals surface area contributed by atoms with Crippen LogP contribution in [0.25, 0.3) is 60.7 Å². The van der Waals surface area contributed by atoms with E-state index in [4.69, 9.17) is 4.98 Å². The van der Waals surface area contributed by atoms with E-state index < -0.39 is 0 Å². The number of fused-ring (bicyclic) bond motifs is 15. The molecule has 4 nitrogen and oxygen atoms in total. The number of nitrogens with zero attached hydrogens (tertiary/aromatic N) is 4. The molecule has 0 saturated carbocycles. The van der Waals surface area contributed by atoms with Gasteiger partial charge in [0.2, 0.25) is 0 Å². The second kappa shape index (κ2) is 6.10. The van der Waals surface area contributed by atoms with Crippen molar-refractivity contribution in [3.8, 4) is 22.3 Å². The standard InChI is InChI=1S/C31H18N4/c1-2-5-20-17(4-1)12-18-7-8-21-22-15-23-25(14-19(22)13-24(21)29(18)20)30-34-27-6-3-10-33-31(27)35(30)28-9-11-32-16-26(23)28/h1-11,14-16H,12-13H2. The van der Waals surface area contributed by atoms with E-state index in [0.717, 1.165) is 45.9 Å². The molecule has 0 radical (unpaired) electrons. The van der Waals surface area contributed by atoms with Crippen LogP contribution in [0.2, 0.25) is 0 Å². The normalized spacial score (nSPS) is 13.5. The molecule has 35 heavy (non-hydrogen) atoms. The van der Waals surface area contributed by atoms with Gasteiger partial charge in [0.05, 0.1) is 5.52 Å². The highest BCUT2D eigenvalue weighted by Gasteiger charge is 2.29. The molecule has 7 aromatic rings. The molecule has 4 aromatic heterocycles. The Labute approximate surface area is 200 Å². The van der Waals surface area contributed by atoms with Crippen molar-refractivity contribution < 1.29 is 0 Å². The topological polar surface area (TPSA) is 43.1 Å². The van der Waals surface area contributed by atoms with Crippen LogP contribution in [0.5, 0.6) is 0 Å². The fourth-order valence-corrected chi connectivity index (χ4v) is 6.49. The van der Waals surface area contributed by atoms with Crippen molar-refractivity contribution >= 4 is 38.5 Å². The van der Waals surface area contributed by atoms with E-state index in [9.17, 15) is 0 Å². The van der Waals surface area contributed by atoms with Crippen LogP contribution in [0.4, 0.5) is 0 Å². The fraction of sp³-hybridized carbons (Fsp3) is 0.0645. The van der Waals surface area contributed by atoms with E-state index in [1.54, 1.807) is 0 Å². The molecule has 0 atom stereocenters. The zero-order valence-electron chi connectivity index (χ0n) is 18.8. The van der Waals surface area contributed by atoms with E-state index in [1.807, 2.05) is 30.7 Å². The van der Waals surface area contributed by atoms with Gasteiger partial charge >= 0.3 is 0 Å². The zero-order valence-corrected chi connectivity index (χ0v) is 18.8. The second-order valence-electron chi connectivity index (χ2n) is 9.70. The van der Waals surface area contributed by atoms with Crippen LogP contribution in [0, 0.1) is 0 Å². The lowest BCUT2D eigenvalue weighted by atomic mass is 9.95. The van der Waals surface area contributed by atoms with Crippen LogP contribution in [-0.2, 0) is 12.8 Å². The zero-order chi connectivity index (χ0) is 22.7. The third kappa shape index (κ3) is 2.15. The quantitative estimate of drug-likeness (QED) is 0.243. The van der Waals surface area contributed by atoms with Gasteiger partial charge in [0, 0.05) is 29.4 Å². The smallest absolute Gasteiger partial charge is 0.164 e. The first kappa shape index (κ1) is 17.8. The lowest BCUT2D eigenvalue weighted by Crippen LogP contribution is -1.94. The van der Waals surface area contributed by atoms with Gasteiger partial charge in [0.1, 0.15) is 11.2 Å². The van der Waals surface area contributed by atoms with Gasteiger partial charge in [-0.1, -0.05) is 36.4 Å². The summed E-state index contributed by atoms with van der Waals surface area (Å²) in [5.41, 5.74) is 15.1. The van der Waals surface area contributed by atoms with Crippen LogP contribution >= 0.6 is 0 Å². The Bertz CT molecular complexity index is 2070. The number of benzene rings is 3. The van der Waals surface area contributed by atoms with Crippen molar-refractivity contribution in [2.45, 2.75) is 12.8 Å². The maximum atomic E-state index is 5.04. The Morgan fingerprint density at radius 2 is 1.63 bits per heavy atom. The van der Waals surface area contributed by atoms with E-state index in [-0.39, 0.29) is 0 Å². The minimum Gasteiger partial charge on any atom is -0.276 e. The first-order valence-corrected chi connectivity index (χ1v) is 12.0. The van der Waals surface area contributed by atoms with Crippen molar-refractivity contribution in [3.63, 3.8) is 0 Å². The van der Waals surface area contributed by atoms with Gasteiger partial charge in [-0.25, -0.2) is 9.97 Å². The Balaban J connectivity index is 1.40. The molecule has 0 fully saturated rings. The summed E-state index contributed by atoms with van der Waals surface area (Å²) >= 11 is 0. The average molecular weight is 447 g/mol. The van der Waals surface area contributed by atoms with E-state index >= 15 is 0 Å². The fourth-order valence-electron chi connectivity index (χ4n) is 6.49. The van der Waals surface area contributed by atoms with Crippen molar-refractivity contribution in [3.05, 3.63) is 108 Å². The number of hydrogen-bond donors (Lipinski definition) is 0. The summed E-state index contributed by atoms with van der Waals surface area (Å²) in [5, 5.41) is 3.48. The molecule has 3 aromatic carbocycles. The monoisotopic (exact) mass is 446 g/mol. The summed E-state index contributed by atoms with van der Waals surface area (Å²) < 4.78 is 2.19. The lowest BCUT2D eigenvalue weighted by molar-refractivity contribution is 1.23. The highest BCUT2D eigenvalue weighted by atomic mass is 15.1. The molecule has 162 valence electrons. The first-order valence-electron chi connectivity index (χ1n) is 12.0. The van der Waals surface area contributed by atoms with Gasteiger partial charge in [-0.15, -0.1) is 0 Å². The molecule has 2 aliphatic carbocycles. The largest absolute Gasteiger partial charge is 0.276 e. The maximum Gasteiger partial charge on any atom is 0.164 e. The summed E-state index contributed by atoms with van der Waals surface area (Å²) in [6.07, 6.45) is 7.65. The highest BCUT2D eigenvalue weighted by Crippen LogP contribution is 2.49. The molecule has 0 amide bonds. The summed E-state index contributed by atoms with van der Waals surface area (Å²) in [6.45, 7) is 0. The minimum absolute atomic E-state index is 0.888. The number of pyridine rings is 3. The average Bonchev–Trinajstić information content (AvgIpc) is 3.58. The van der Waals surface area contributed by atoms with E-state index in [1.165, 1.54) is 49.9 Å². The van der Waals surface area contributed by atoms with Crippen molar-refractivity contribution in [1.82, 2.24) is 19.4 Å². The number of aromatic nitrogens is 4. The molecule has 4 heteroatoms. The molecule has 0 spiro atoms. The summed E-state index contributed by atoms with van der Waals surface area (Å²) in [4.78, 5) is 14.2. The van der Waals surface area contributed by atoms with Crippen LogP contribution in [0.15, 0.2) is 85.3 Å². The van der Waals surface area contributed by atoms with Gasteiger partial charge in [0.25, 0.3) is 0 Å². The Kier molecular flexibility index (Phi) is 3.11. The summed E-state index contributed by atoms with van der Waals surface area (Å²) in [5.74, 6) is 0. The van der Waals surface area contributed by atoms with Gasteiger partial charge in [-0.3, -0.25) is 9.38 Å². The lowest BCUT2D eigenvalue weighted by Gasteiger charge is -2.11. The van der Waals surface area contributed by atoms with Crippen molar-refractivity contribution in [2.24, 2.45) is 0 Å². The molecule has 0 bridgehead atoms. The van der Waals surface area contributed by atoms with E-state index in [0.29, 0.717) is 0 Å². The molecule has 0 unspecified atom stereocenters. The van der Waals surface area contributed by atoms with Crippen LogP contribution in [-0.4, -0.2) is 19.4 Å². The molecule has 0 N–H and O–H groups in total. The van der Waals surface area contributed by atoms with Crippen LogP contribution in [0.1, 0.15) is 22.3 Å². The number of rotatable bonds is 0. The third-order valence-corrected chi connectivity index (χ3v) is 7.95. The maximum absolute atomic E-state index is 5.04. The molecule has 0 saturated heterocycles.